The summed E-state index contributed by atoms with van der Waals surface area (Å²) in [5.41, 5.74) is 2.11. The summed E-state index contributed by atoms with van der Waals surface area (Å²) in [5, 5.41) is 40.7. The Morgan fingerprint density at radius 3 is 1.26 bits per heavy atom. The Bertz CT molecular complexity index is 630. The predicted octanol–water partition coefficient (Wildman–Crippen LogP) is 3.58. The van der Waals surface area contributed by atoms with Gasteiger partial charge in [-0.15, -0.1) is 0 Å². The molecule has 0 heterocycles. The minimum absolute atomic E-state index is 0.0753. The second kappa shape index (κ2) is 7.82. The first-order chi connectivity index (χ1) is 12.0. The molecule has 0 fully saturated rings. The highest BCUT2D eigenvalue weighted by Gasteiger charge is 2.41. The van der Waals surface area contributed by atoms with Gasteiger partial charge in [-0.3, -0.25) is 0 Å². The molecule has 0 amide bonds. The summed E-state index contributed by atoms with van der Waals surface area (Å²) >= 11 is 0. The van der Waals surface area contributed by atoms with Gasteiger partial charge in [-0.25, -0.2) is 0 Å². The summed E-state index contributed by atoms with van der Waals surface area (Å²) in [6.45, 7) is 17.7. The van der Waals surface area contributed by atoms with Gasteiger partial charge in [0.15, 0.2) is 0 Å². The summed E-state index contributed by atoms with van der Waals surface area (Å²) in [6.07, 6.45) is -1.18. The Morgan fingerprint density at radius 1 is 0.630 bits per heavy atom. The van der Waals surface area contributed by atoms with Gasteiger partial charge in [-0.2, -0.15) is 0 Å². The SMILES string of the molecule is CC(C)(C)c1cc(C(C)(C)C)c(C(C)(C)C)cc1C(O)C(CO)(CO)CO. The van der Waals surface area contributed by atoms with E-state index in [-0.39, 0.29) is 16.2 Å². The molecule has 27 heavy (non-hydrogen) atoms. The third-order valence-electron chi connectivity index (χ3n) is 5.43. The third kappa shape index (κ3) is 4.92. The van der Waals surface area contributed by atoms with Crippen LogP contribution in [0.15, 0.2) is 12.1 Å². The number of hydrogen-bond acceptors (Lipinski definition) is 4. The topological polar surface area (TPSA) is 80.9 Å². The highest BCUT2D eigenvalue weighted by atomic mass is 16.3. The maximum atomic E-state index is 11.2. The van der Waals surface area contributed by atoms with E-state index in [1.165, 1.54) is 5.56 Å². The Kier molecular flexibility index (Phi) is 6.98. The molecule has 1 rings (SSSR count). The molecule has 1 aromatic carbocycles. The number of rotatable bonds is 5. The van der Waals surface area contributed by atoms with Crippen LogP contribution in [0, 0.1) is 5.41 Å². The molecule has 4 nitrogen and oxygen atoms in total. The molecule has 0 saturated heterocycles. The second-order valence-corrected chi connectivity index (χ2v) is 11.0. The lowest BCUT2D eigenvalue weighted by atomic mass is 9.68. The molecule has 0 aliphatic heterocycles. The van der Waals surface area contributed by atoms with E-state index >= 15 is 0 Å². The van der Waals surface area contributed by atoms with Gasteiger partial charge in [0.1, 0.15) is 0 Å². The third-order valence-corrected chi connectivity index (χ3v) is 5.43. The normalized spacial score (nSPS) is 15.1. The quantitative estimate of drug-likeness (QED) is 0.629. The minimum Gasteiger partial charge on any atom is -0.395 e. The lowest BCUT2D eigenvalue weighted by Gasteiger charge is -2.39. The molecule has 0 bridgehead atoms. The van der Waals surface area contributed by atoms with E-state index in [9.17, 15) is 20.4 Å². The molecule has 1 unspecified atom stereocenters. The average molecular weight is 381 g/mol. The van der Waals surface area contributed by atoms with Crippen molar-refractivity contribution in [3.63, 3.8) is 0 Å². The molecule has 0 spiro atoms. The van der Waals surface area contributed by atoms with Crippen molar-refractivity contribution in [3.05, 3.63) is 34.4 Å². The maximum Gasteiger partial charge on any atom is 0.0915 e. The molecule has 156 valence electrons. The lowest BCUT2D eigenvalue weighted by molar-refractivity contribution is -0.0857. The first-order valence-corrected chi connectivity index (χ1v) is 9.75. The number of benzene rings is 1. The van der Waals surface area contributed by atoms with Gasteiger partial charge in [0.2, 0.25) is 0 Å². The zero-order valence-corrected chi connectivity index (χ0v) is 18.6. The van der Waals surface area contributed by atoms with Crippen molar-refractivity contribution in [3.8, 4) is 0 Å². The van der Waals surface area contributed by atoms with Crippen LogP contribution in [0.3, 0.4) is 0 Å². The van der Waals surface area contributed by atoms with Crippen molar-refractivity contribution in [2.75, 3.05) is 19.8 Å². The molecule has 0 aliphatic carbocycles. The Balaban J connectivity index is 3.93. The monoisotopic (exact) mass is 380 g/mol. The van der Waals surface area contributed by atoms with E-state index in [4.69, 9.17) is 0 Å². The Labute approximate surface area is 165 Å². The fourth-order valence-electron chi connectivity index (χ4n) is 3.47. The van der Waals surface area contributed by atoms with Gasteiger partial charge in [0.05, 0.1) is 31.3 Å². The average Bonchev–Trinajstić information content (AvgIpc) is 2.53. The molecule has 1 aromatic rings. The van der Waals surface area contributed by atoms with E-state index in [1.807, 2.05) is 6.07 Å². The molecule has 0 radical (unpaired) electrons. The van der Waals surface area contributed by atoms with Crippen LogP contribution in [-0.2, 0) is 16.2 Å². The number of hydrogen-bond donors (Lipinski definition) is 4. The predicted molar refractivity (Wildman–Crippen MR) is 111 cm³/mol. The zero-order chi connectivity index (χ0) is 21.4. The summed E-state index contributed by atoms with van der Waals surface area (Å²) in [6, 6.07) is 4.18. The fourth-order valence-corrected chi connectivity index (χ4v) is 3.47. The van der Waals surface area contributed by atoms with Crippen LogP contribution in [0.5, 0.6) is 0 Å². The molecule has 0 saturated carbocycles. The summed E-state index contributed by atoms with van der Waals surface area (Å²) in [4.78, 5) is 0. The first kappa shape index (κ1) is 24.1. The Hall–Kier alpha value is -0.940. The number of aliphatic hydroxyl groups is 4. The molecule has 0 aromatic heterocycles. The molecule has 0 aliphatic rings. The van der Waals surface area contributed by atoms with Crippen molar-refractivity contribution in [2.24, 2.45) is 5.41 Å². The van der Waals surface area contributed by atoms with E-state index in [0.717, 1.165) is 11.1 Å². The molecular formula is C23H40O4. The molecule has 4 N–H and O–H groups in total. The highest BCUT2D eigenvalue weighted by molar-refractivity contribution is 5.48. The lowest BCUT2D eigenvalue weighted by Crippen LogP contribution is -2.41. The van der Waals surface area contributed by atoms with Crippen molar-refractivity contribution in [1.29, 1.82) is 0 Å². The standard InChI is InChI=1S/C23H40O4/c1-20(2,3)16-11-18(22(7,8)9)17(21(4,5)6)10-15(16)19(27)23(12-24,13-25)14-26/h10-11,19,24-27H,12-14H2,1-9H3. The smallest absolute Gasteiger partial charge is 0.0915 e. The molecule has 4 heteroatoms. The minimum atomic E-state index is -1.39. The van der Waals surface area contributed by atoms with Gasteiger partial charge >= 0.3 is 0 Å². The van der Waals surface area contributed by atoms with E-state index < -0.39 is 31.3 Å². The van der Waals surface area contributed by atoms with Crippen LogP contribution >= 0.6 is 0 Å². The Morgan fingerprint density at radius 2 is 0.963 bits per heavy atom. The maximum absolute atomic E-state index is 11.2. The van der Waals surface area contributed by atoms with Crippen molar-refractivity contribution < 1.29 is 20.4 Å². The van der Waals surface area contributed by atoms with Crippen LogP contribution in [0.4, 0.5) is 0 Å². The van der Waals surface area contributed by atoms with Gasteiger partial charge in [0.25, 0.3) is 0 Å². The zero-order valence-electron chi connectivity index (χ0n) is 18.6. The van der Waals surface area contributed by atoms with E-state index in [0.29, 0.717) is 5.56 Å². The fraction of sp³-hybridized carbons (Fsp3) is 0.739. The van der Waals surface area contributed by atoms with E-state index in [2.05, 4.69) is 68.4 Å². The summed E-state index contributed by atoms with van der Waals surface area (Å²) < 4.78 is 0. The van der Waals surface area contributed by atoms with Crippen LogP contribution in [0.2, 0.25) is 0 Å². The highest BCUT2D eigenvalue weighted by Crippen LogP contribution is 2.44. The van der Waals surface area contributed by atoms with Crippen molar-refractivity contribution in [1.82, 2.24) is 0 Å². The van der Waals surface area contributed by atoms with Gasteiger partial charge in [-0.05, 0) is 38.5 Å². The number of aliphatic hydroxyl groups excluding tert-OH is 4. The van der Waals surface area contributed by atoms with Crippen molar-refractivity contribution >= 4 is 0 Å². The van der Waals surface area contributed by atoms with Crippen LogP contribution in [0.25, 0.3) is 0 Å². The van der Waals surface area contributed by atoms with Crippen molar-refractivity contribution in [2.45, 2.75) is 84.7 Å². The largest absolute Gasteiger partial charge is 0.395 e. The molecule has 1 atom stereocenters. The summed E-state index contributed by atoms with van der Waals surface area (Å²) in [5.74, 6) is 0. The van der Waals surface area contributed by atoms with Gasteiger partial charge in [-0.1, -0.05) is 74.4 Å². The van der Waals surface area contributed by atoms with Gasteiger partial charge in [0, 0.05) is 0 Å². The van der Waals surface area contributed by atoms with Gasteiger partial charge < -0.3 is 20.4 Å². The second-order valence-electron chi connectivity index (χ2n) is 11.0. The van der Waals surface area contributed by atoms with Crippen LogP contribution < -0.4 is 0 Å². The van der Waals surface area contributed by atoms with Crippen LogP contribution in [0.1, 0.15) is 90.7 Å². The molecular weight excluding hydrogens is 340 g/mol. The first-order valence-electron chi connectivity index (χ1n) is 9.75. The van der Waals surface area contributed by atoms with E-state index in [1.54, 1.807) is 0 Å². The summed E-state index contributed by atoms with van der Waals surface area (Å²) in [7, 11) is 0. The van der Waals surface area contributed by atoms with Crippen LogP contribution in [-0.4, -0.2) is 40.2 Å².